The number of nitrogens with one attached hydrogen (secondary N) is 3. The number of carbonyl (C=O) groups is 2. The summed E-state index contributed by atoms with van der Waals surface area (Å²) in [4.78, 5) is 35.1. The number of halogens is 2. The molecule has 2 aromatic rings. The molecule has 1 aliphatic heterocycles. The van der Waals surface area contributed by atoms with Crippen LogP contribution in [0.2, 0.25) is 10.0 Å². The molecule has 10 heteroatoms. The minimum Gasteiger partial charge on any atom is -0.327 e. The number of amides is 3. The third kappa shape index (κ3) is 3.92. The fourth-order valence-corrected chi connectivity index (χ4v) is 3.48. The van der Waals surface area contributed by atoms with E-state index in [1.165, 1.54) is 24.3 Å². The molecule has 0 bridgehead atoms. The number of nitro benzene ring substituents is 1. The predicted octanol–water partition coefficient (Wildman–Crippen LogP) is 4.17. The smallest absolute Gasteiger partial charge is 0.319 e. The lowest BCUT2D eigenvalue weighted by Gasteiger charge is -2.29. The van der Waals surface area contributed by atoms with E-state index in [2.05, 4.69) is 16.0 Å². The number of nitro groups is 1. The van der Waals surface area contributed by atoms with Crippen molar-refractivity contribution in [3.05, 3.63) is 79.5 Å². The number of nitrogens with zero attached hydrogens (tertiary/aromatic N) is 1. The van der Waals surface area contributed by atoms with Crippen LogP contribution < -0.4 is 16.0 Å². The SMILES string of the molecule is CC1=C(C(=O)Nc2ccc([N+](=O)[O-])cc2)C(c2c(Cl)cccc2Cl)NC(=O)N1. The summed E-state index contributed by atoms with van der Waals surface area (Å²) in [5, 5.41) is 19.2. The second-order valence-corrected chi connectivity index (χ2v) is 6.78. The van der Waals surface area contributed by atoms with Gasteiger partial charge in [0, 0.05) is 39.1 Å². The van der Waals surface area contributed by atoms with Gasteiger partial charge in [0.15, 0.2) is 0 Å². The lowest BCUT2D eigenvalue weighted by molar-refractivity contribution is -0.384. The van der Waals surface area contributed by atoms with Crippen molar-refractivity contribution < 1.29 is 14.5 Å². The molecule has 1 heterocycles. The average molecular weight is 421 g/mol. The van der Waals surface area contributed by atoms with Crippen LogP contribution in [0, 0.1) is 10.1 Å². The van der Waals surface area contributed by atoms with E-state index in [0.29, 0.717) is 27.0 Å². The maximum atomic E-state index is 12.9. The first-order valence-corrected chi connectivity index (χ1v) is 8.81. The quantitative estimate of drug-likeness (QED) is 0.508. The Hall–Kier alpha value is -3.10. The molecule has 0 saturated carbocycles. The van der Waals surface area contributed by atoms with E-state index in [-0.39, 0.29) is 11.3 Å². The van der Waals surface area contributed by atoms with Gasteiger partial charge < -0.3 is 16.0 Å². The molecular formula is C18H14Cl2N4O4. The van der Waals surface area contributed by atoms with Gasteiger partial charge in [-0.25, -0.2) is 4.79 Å². The molecule has 2 aromatic carbocycles. The van der Waals surface area contributed by atoms with Crippen LogP contribution in [0.3, 0.4) is 0 Å². The van der Waals surface area contributed by atoms with E-state index >= 15 is 0 Å². The molecule has 0 aromatic heterocycles. The summed E-state index contributed by atoms with van der Waals surface area (Å²) in [6, 6.07) is 8.90. The number of anilines is 1. The molecule has 8 nitrogen and oxygen atoms in total. The summed E-state index contributed by atoms with van der Waals surface area (Å²) in [6.45, 7) is 1.58. The summed E-state index contributed by atoms with van der Waals surface area (Å²) >= 11 is 12.5. The molecule has 0 radical (unpaired) electrons. The van der Waals surface area contributed by atoms with Crippen molar-refractivity contribution in [1.82, 2.24) is 10.6 Å². The Labute approximate surface area is 169 Å². The topological polar surface area (TPSA) is 113 Å². The van der Waals surface area contributed by atoms with Crippen LogP contribution in [0.25, 0.3) is 0 Å². The molecule has 1 aliphatic rings. The number of hydrogen-bond acceptors (Lipinski definition) is 4. The predicted molar refractivity (Wildman–Crippen MR) is 105 cm³/mol. The summed E-state index contributed by atoms with van der Waals surface area (Å²) in [6.07, 6.45) is 0. The molecule has 3 rings (SSSR count). The van der Waals surface area contributed by atoms with Crippen LogP contribution >= 0.6 is 23.2 Å². The minimum absolute atomic E-state index is 0.0966. The van der Waals surface area contributed by atoms with E-state index in [4.69, 9.17) is 23.2 Å². The molecule has 1 unspecified atom stereocenters. The normalized spacial score (nSPS) is 16.2. The number of allylic oxidation sites excluding steroid dienone is 1. The average Bonchev–Trinajstić information content (AvgIpc) is 2.61. The third-order valence-electron chi connectivity index (χ3n) is 4.14. The van der Waals surface area contributed by atoms with Crippen molar-refractivity contribution in [3.8, 4) is 0 Å². The van der Waals surface area contributed by atoms with Gasteiger partial charge in [-0.1, -0.05) is 29.3 Å². The lowest BCUT2D eigenvalue weighted by atomic mass is 9.94. The highest BCUT2D eigenvalue weighted by atomic mass is 35.5. The van der Waals surface area contributed by atoms with Crippen molar-refractivity contribution >= 4 is 46.5 Å². The van der Waals surface area contributed by atoms with Gasteiger partial charge in [0.2, 0.25) is 0 Å². The molecule has 28 heavy (non-hydrogen) atoms. The van der Waals surface area contributed by atoms with Crippen LogP contribution in [0.4, 0.5) is 16.2 Å². The number of hydrogen-bond donors (Lipinski definition) is 3. The van der Waals surface area contributed by atoms with Crippen LogP contribution in [-0.2, 0) is 4.79 Å². The maximum Gasteiger partial charge on any atom is 0.319 e. The Kier molecular flexibility index (Phi) is 5.53. The number of rotatable bonds is 4. The van der Waals surface area contributed by atoms with E-state index < -0.39 is 22.9 Å². The van der Waals surface area contributed by atoms with Gasteiger partial charge in [-0.2, -0.15) is 0 Å². The standard InChI is InChI=1S/C18H14Cl2N4O4/c1-9-14(17(25)22-10-5-7-11(8-6-10)24(27)28)16(23-18(26)21-9)15-12(19)3-2-4-13(15)20/h2-8,16H,1H3,(H,22,25)(H2,21,23,26). The highest BCUT2D eigenvalue weighted by molar-refractivity contribution is 6.36. The first-order valence-electron chi connectivity index (χ1n) is 8.06. The highest BCUT2D eigenvalue weighted by Gasteiger charge is 2.33. The van der Waals surface area contributed by atoms with Gasteiger partial charge in [-0.3, -0.25) is 14.9 Å². The van der Waals surface area contributed by atoms with Crippen LogP contribution in [0.1, 0.15) is 18.5 Å². The van der Waals surface area contributed by atoms with Crippen LogP contribution in [-0.4, -0.2) is 16.9 Å². The largest absolute Gasteiger partial charge is 0.327 e. The number of non-ortho nitro benzene ring substituents is 1. The first-order chi connectivity index (χ1) is 13.3. The van der Waals surface area contributed by atoms with E-state index in [0.717, 1.165) is 0 Å². The molecule has 0 fully saturated rings. The second kappa shape index (κ2) is 7.87. The zero-order chi connectivity index (χ0) is 20.4. The van der Waals surface area contributed by atoms with Crippen molar-refractivity contribution in [1.29, 1.82) is 0 Å². The van der Waals surface area contributed by atoms with E-state index in [1.54, 1.807) is 25.1 Å². The van der Waals surface area contributed by atoms with Gasteiger partial charge in [0.1, 0.15) is 0 Å². The summed E-state index contributed by atoms with van der Waals surface area (Å²) in [7, 11) is 0. The van der Waals surface area contributed by atoms with Gasteiger partial charge in [0.25, 0.3) is 11.6 Å². The number of benzene rings is 2. The lowest BCUT2D eigenvalue weighted by Crippen LogP contribution is -2.46. The second-order valence-electron chi connectivity index (χ2n) is 5.96. The monoisotopic (exact) mass is 420 g/mol. The first kappa shape index (κ1) is 19.7. The molecule has 1 atom stereocenters. The zero-order valence-electron chi connectivity index (χ0n) is 14.5. The van der Waals surface area contributed by atoms with Crippen LogP contribution in [0.5, 0.6) is 0 Å². The maximum absolute atomic E-state index is 12.9. The molecule has 0 saturated heterocycles. The Bertz CT molecular complexity index is 985. The summed E-state index contributed by atoms with van der Waals surface area (Å²) < 4.78 is 0. The van der Waals surface area contributed by atoms with Crippen molar-refractivity contribution in [2.45, 2.75) is 13.0 Å². The van der Waals surface area contributed by atoms with Crippen molar-refractivity contribution in [2.24, 2.45) is 0 Å². The summed E-state index contributed by atoms with van der Waals surface area (Å²) in [5.41, 5.74) is 1.21. The molecular weight excluding hydrogens is 407 g/mol. The molecule has 0 aliphatic carbocycles. The minimum atomic E-state index is -0.868. The third-order valence-corrected chi connectivity index (χ3v) is 4.80. The Morgan fingerprint density at radius 1 is 1.14 bits per heavy atom. The highest BCUT2D eigenvalue weighted by Crippen LogP contribution is 2.36. The summed E-state index contributed by atoms with van der Waals surface area (Å²) in [5.74, 6) is -0.514. The van der Waals surface area contributed by atoms with Crippen molar-refractivity contribution in [3.63, 3.8) is 0 Å². The fourth-order valence-electron chi connectivity index (χ4n) is 2.86. The van der Waals surface area contributed by atoms with Gasteiger partial charge >= 0.3 is 6.03 Å². The molecule has 3 amide bonds. The van der Waals surface area contributed by atoms with Gasteiger partial charge in [-0.15, -0.1) is 0 Å². The van der Waals surface area contributed by atoms with Gasteiger partial charge in [-0.05, 0) is 31.2 Å². The number of urea groups is 1. The number of carbonyl (C=O) groups excluding carboxylic acids is 2. The van der Waals surface area contributed by atoms with E-state index in [9.17, 15) is 19.7 Å². The molecule has 0 spiro atoms. The molecule has 3 N–H and O–H groups in total. The Morgan fingerprint density at radius 3 is 2.32 bits per heavy atom. The molecule has 144 valence electrons. The fraction of sp³-hybridized carbons (Fsp3) is 0.111. The van der Waals surface area contributed by atoms with Crippen molar-refractivity contribution in [2.75, 3.05) is 5.32 Å². The Balaban J connectivity index is 1.96. The van der Waals surface area contributed by atoms with Gasteiger partial charge in [0.05, 0.1) is 16.5 Å². The van der Waals surface area contributed by atoms with Crippen LogP contribution in [0.15, 0.2) is 53.7 Å². The van der Waals surface area contributed by atoms with E-state index in [1.807, 2.05) is 0 Å². The Morgan fingerprint density at radius 2 is 1.75 bits per heavy atom. The zero-order valence-corrected chi connectivity index (χ0v) is 16.0.